The fourth-order valence-corrected chi connectivity index (χ4v) is 4.45. The van der Waals surface area contributed by atoms with E-state index in [4.69, 9.17) is 10.5 Å². The Hall–Kier alpha value is -2.08. The van der Waals surface area contributed by atoms with Gasteiger partial charge in [-0.15, -0.1) is 12.4 Å². The summed E-state index contributed by atoms with van der Waals surface area (Å²) in [6.45, 7) is 4.30. The monoisotopic (exact) mass is 414 g/mol. The molecule has 2 aromatic heterocycles. The first-order valence-corrected chi connectivity index (χ1v) is 10.1. The van der Waals surface area contributed by atoms with E-state index < -0.39 is 0 Å². The molecule has 3 heterocycles. The van der Waals surface area contributed by atoms with Crippen LogP contribution in [0.5, 0.6) is 5.75 Å². The van der Waals surface area contributed by atoms with Crippen LogP contribution in [0.1, 0.15) is 30.4 Å². The molecule has 1 aliphatic rings. The van der Waals surface area contributed by atoms with Gasteiger partial charge in [-0.25, -0.2) is 0 Å². The van der Waals surface area contributed by atoms with Crippen LogP contribution in [0.25, 0.3) is 10.9 Å². The zero-order valence-corrected chi connectivity index (χ0v) is 18.2. The molecule has 2 N–H and O–H groups in total. The molecule has 1 aromatic carbocycles. The molecule has 0 radical (unpaired) electrons. The molecule has 156 valence electrons. The third-order valence-electron chi connectivity index (χ3n) is 6.25. The molecule has 4 rings (SSSR count). The molecule has 1 saturated heterocycles. The van der Waals surface area contributed by atoms with Gasteiger partial charge in [0.1, 0.15) is 5.75 Å². The van der Waals surface area contributed by atoms with Crippen molar-refractivity contribution in [3.8, 4) is 5.75 Å². The van der Waals surface area contributed by atoms with Crippen LogP contribution >= 0.6 is 12.4 Å². The second-order valence-electron chi connectivity index (χ2n) is 8.05. The molecule has 0 amide bonds. The van der Waals surface area contributed by atoms with Crippen LogP contribution < -0.4 is 10.5 Å². The van der Waals surface area contributed by atoms with Crippen molar-refractivity contribution in [2.24, 2.45) is 12.8 Å². The summed E-state index contributed by atoms with van der Waals surface area (Å²) < 4.78 is 7.41. The number of aromatic nitrogens is 2. The fraction of sp³-hybridized carbons (Fsp3) is 0.435. The quantitative estimate of drug-likeness (QED) is 0.667. The van der Waals surface area contributed by atoms with Gasteiger partial charge in [0, 0.05) is 55.9 Å². The lowest BCUT2D eigenvalue weighted by atomic mass is 9.95. The lowest BCUT2D eigenvalue weighted by Crippen LogP contribution is -2.34. The summed E-state index contributed by atoms with van der Waals surface area (Å²) in [4.78, 5) is 6.82. The van der Waals surface area contributed by atoms with Gasteiger partial charge in [0.2, 0.25) is 0 Å². The zero-order valence-electron chi connectivity index (χ0n) is 17.4. The molecule has 1 aliphatic heterocycles. The third kappa shape index (κ3) is 4.42. The van der Waals surface area contributed by atoms with E-state index in [1.54, 1.807) is 7.11 Å². The van der Waals surface area contributed by atoms with E-state index in [1.165, 1.54) is 22.0 Å². The van der Waals surface area contributed by atoms with Crippen LogP contribution in [0.2, 0.25) is 0 Å². The number of likely N-dealkylation sites (tertiary alicyclic amines) is 1. The number of nitrogens with zero attached hydrogens (tertiary/aromatic N) is 3. The van der Waals surface area contributed by atoms with Crippen LogP contribution in [-0.2, 0) is 13.5 Å². The lowest BCUT2D eigenvalue weighted by molar-refractivity contribution is 0.242. The normalized spacial score (nSPS) is 20.6. The number of rotatable bonds is 6. The van der Waals surface area contributed by atoms with Crippen molar-refractivity contribution in [2.75, 3.05) is 20.2 Å². The largest absolute Gasteiger partial charge is 0.497 e. The van der Waals surface area contributed by atoms with Gasteiger partial charge in [-0.05, 0) is 49.1 Å². The average Bonchev–Trinajstić information content (AvgIpc) is 3.27. The minimum absolute atomic E-state index is 0. The van der Waals surface area contributed by atoms with Crippen molar-refractivity contribution in [3.05, 3.63) is 60.0 Å². The number of nitrogens with two attached hydrogens (primary N) is 1. The van der Waals surface area contributed by atoms with Crippen LogP contribution in [-0.4, -0.2) is 46.7 Å². The number of aryl methyl sites for hydroxylation is 2. The highest BCUT2D eigenvalue weighted by Crippen LogP contribution is 2.34. The SMILES string of the molecule is COc1ccc(CCC(C)N2C[C@@H](N)[C@H](c3cn(C)c4cnccc34)C2)cc1.Cl. The van der Waals surface area contributed by atoms with Crippen molar-refractivity contribution >= 4 is 23.3 Å². The average molecular weight is 415 g/mol. The predicted molar refractivity (Wildman–Crippen MR) is 121 cm³/mol. The minimum atomic E-state index is 0. The second-order valence-corrected chi connectivity index (χ2v) is 8.05. The maximum absolute atomic E-state index is 6.60. The first-order valence-electron chi connectivity index (χ1n) is 10.1. The van der Waals surface area contributed by atoms with Gasteiger partial charge in [0.05, 0.1) is 18.8 Å². The highest BCUT2D eigenvalue weighted by atomic mass is 35.5. The molecule has 0 aliphatic carbocycles. The molecule has 3 aromatic rings. The Morgan fingerprint density at radius 1 is 1.21 bits per heavy atom. The van der Waals surface area contributed by atoms with Gasteiger partial charge in [-0.2, -0.15) is 0 Å². The molecule has 0 bridgehead atoms. The standard InChI is InChI=1S/C23H30N4O.ClH/c1-16(4-5-17-6-8-18(28-3)9-7-17)27-14-21(22(24)15-27)20-13-26(2)23-12-25-11-10-19(20)23;/h6-13,16,21-22H,4-5,14-15,24H2,1-3H3;1H/t16?,21-,22+;/m0./s1. The van der Waals surface area contributed by atoms with Crippen molar-refractivity contribution < 1.29 is 4.74 Å². The Morgan fingerprint density at radius 3 is 2.69 bits per heavy atom. The van der Waals surface area contributed by atoms with Crippen LogP contribution in [0, 0.1) is 0 Å². The topological polar surface area (TPSA) is 56.3 Å². The summed E-state index contributed by atoms with van der Waals surface area (Å²) in [6.07, 6.45) is 8.26. The number of halogens is 1. The Kier molecular flexibility index (Phi) is 6.83. The molecular weight excluding hydrogens is 384 g/mol. The van der Waals surface area contributed by atoms with Gasteiger partial charge in [0.25, 0.3) is 0 Å². The van der Waals surface area contributed by atoms with Gasteiger partial charge in [-0.1, -0.05) is 12.1 Å². The number of methoxy groups -OCH3 is 1. The molecule has 6 heteroatoms. The summed E-state index contributed by atoms with van der Waals surface area (Å²) >= 11 is 0. The van der Waals surface area contributed by atoms with Crippen LogP contribution in [0.15, 0.2) is 48.9 Å². The second kappa shape index (κ2) is 9.16. The van der Waals surface area contributed by atoms with Crippen molar-refractivity contribution in [1.29, 1.82) is 0 Å². The summed E-state index contributed by atoms with van der Waals surface area (Å²) in [6, 6.07) is 11.2. The Balaban J connectivity index is 0.00000240. The summed E-state index contributed by atoms with van der Waals surface area (Å²) in [5, 5.41) is 1.28. The number of hydrogen-bond acceptors (Lipinski definition) is 4. The summed E-state index contributed by atoms with van der Waals surface area (Å²) in [5.74, 6) is 1.28. The maximum Gasteiger partial charge on any atom is 0.118 e. The first-order chi connectivity index (χ1) is 13.6. The predicted octanol–water partition coefficient (Wildman–Crippen LogP) is 3.75. The molecule has 1 unspecified atom stereocenters. The number of pyridine rings is 1. The van der Waals surface area contributed by atoms with E-state index in [-0.39, 0.29) is 18.4 Å². The first kappa shape index (κ1) is 21.6. The summed E-state index contributed by atoms with van der Waals surface area (Å²) in [5.41, 5.74) is 10.5. The third-order valence-corrected chi connectivity index (χ3v) is 6.25. The van der Waals surface area contributed by atoms with Gasteiger partial charge >= 0.3 is 0 Å². The lowest BCUT2D eigenvalue weighted by Gasteiger charge is -2.24. The minimum Gasteiger partial charge on any atom is -0.497 e. The number of fused-ring (bicyclic) bond motifs is 1. The molecule has 0 saturated carbocycles. The van der Waals surface area contributed by atoms with E-state index >= 15 is 0 Å². The van der Waals surface area contributed by atoms with Crippen molar-refractivity contribution in [2.45, 2.75) is 37.8 Å². The van der Waals surface area contributed by atoms with Crippen LogP contribution in [0.4, 0.5) is 0 Å². The van der Waals surface area contributed by atoms with Crippen molar-refractivity contribution in [1.82, 2.24) is 14.5 Å². The van der Waals surface area contributed by atoms with Crippen molar-refractivity contribution in [3.63, 3.8) is 0 Å². The molecular formula is C23H31ClN4O. The van der Waals surface area contributed by atoms with E-state index in [2.05, 4.69) is 52.8 Å². The fourth-order valence-electron chi connectivity index (χ4n) is 4.45. The smallest absolute Gasteiger partial charge is 0.118 e. The maximum atomic E-state index is 6.60. The molecule has 1 fully saturated rings. The number of benzene rings is 1. The summed E-state index contributed by atoms with van der Waals surface area (Å²) in [7, 11) is 3.79. The highest BCUT2D eigenvalue weighted by molar-refractivity contribution is 5.85. The molecule has 29 heavy (non-hydrogen) atoms. The zero-order chi connectivity index (χ0) is 19.7. The highest BCUT2D eigenvalue weighted by Gasteiger charge is 2.34. The molecule has 5 nitrogen and oxygen atoms in total. The Labute approximate surface area is 179 Å². The Morgan fingerprint density at radius 2 is 1.97 bits per heavy atom. The molecule has 0 spiro atoms. The van der Waals surface area contributed by atoms with Gasteiger partial charge < -0.3 is 15.0 Å². The number of hydrogen-bond donors (Lipinski definition) is 1. The van der Waals surface area contributed by atoms with E-state index in [0.717, 1.165) is 31.7 Å². The Bertz CT molecular complexity index is 940. The van der Waals surface area contributed by atoms with Crippen LogP contribution in [0.3, 0.4) is 0 Å². The van der Waals surface area contributed by atoms with Gasteiger partial charge in [-0.3, -0.25) is 9.88 Å². The van der Waals surface area contributed by atoms with E-state index in [1.807, 2.05) is 24.5 Å². The van der Waals surface area contributed by atoms with E-state index in [0.29, 0.717) is 12.0 Å². The van der Waals surface area contributed by atoms with E-state index in [9.17, 15) is 0 Å². The van der Waals surface area contributed by atoms with Gasteiger partial charge in [0.15, 0.2) is 0 Å². The molecule has 3 atom stereocenters. The number of ether oxygens (including phenoxy) is 1.